The van der Waals surface area contributed by atoms with Crippen LogP contribution >= 0.6 is 23.1 Å². The van der Waals surface area contributed by atoms with E-state index in [0.717, 1.165) is 20.3 Å². The zero-order valence-corrected chi connectivity index (χ0v) is 27.3. The summed E-state index contributed by atoms with van der Waals surface area (Å²) in [4.78, 5) is 58.5. The van der Waals surface area contributed by atoms with E-state index in [9.17, 15) is 29.6 Å². The molecule has 244 valence electrons. The average molecular weight is 679 g/mol. The van der Waals surface area contributed by atoms with Crippen molar-refractivity contribution in [1.29, 1.82) is 0 Å². The topological polar surface area (TPSA) is 157 Å². The van der Waals surface area contributed by atoms with Gasteiger partial charge in [-0.1, -0.05) is 60.4 Å². The van der Waals surface area contributed by atoms with Crippen molar-refractivity contribution >= 4 is 57.0 Å². The number of esters is 1. The zero-order valence-electron chi connectivity index (χ0n) is 25.7. The monoisotopic (exact) mass is 678 g/mol. The van der Waals surface area contributed by atoms with Gasteiger partial charge in [0.25, 0.3) is 17.9 Å². The number of carbonyl (C=O) groups is 3. The fourth-order valence-electron chi connectivity index (χ4n) is 6.15. The first-order chi connectivity index (χ1) is 22.6. The van der Waals surface area contributed by atoms with Crippen molar-refractivity contribution in [2.24, 2.45) is 11.8 Å². The van der Waals surface area contributed by atoms with Crippen LogP contribution in [0.2, 0.25) is 0 Å². The third kappa shape index (κ3) is 6.14. The first kappa shape index (κ1) is 32.4. The Kier molecular flexibility index (Phi) is 9.14. The van der Waals surface area contributed by atoms with E-state index in [2.05, 4.69) is 5.48 Å². The summed E-state index contributed by atoms with van der Waals surface area (Å²) in [6, 6.07) is 14.8. The van der Waals surface area contributed by atoms with E-state index in [0.29, 0.717) is 11.1 Å². The highest BCUT2D eigenvalue weighted by atomic mass is 32.2. The number of aromatic nitrogens is 2. The maximum atomic E-state index is 13.7. The van der Waals surface area contributed by atoms with Gasteiger partial charge >= 0.3 is 5.97 Å². The Bertz CT molecular complexity index is 1890. The lowest BCUT2D eigenvalue weighted by Crippen LogP contribution is -2.63. The first-order valence-electron chi connectivity index (χ1n) is 14.8. The number of hydrogen-bond acceptors (Lipinski definition) is 10. The van der Waals surface area contributed by atoms with Crippen molar-refractivity contribution in [2.45, 2.75) is 50.8 Å². The van der Waals surface area contributed by atoms with E-state index in [4.69, 9.17) is 9.57 Å². The minimum atomic E-state index is -0.896. The molecule has 1 saturated heterocycles. The Labute approximate surface area is 277 Å². The Hall–Kier alpha value is -4.57. The van der Waals surface area contributed by atoms with E-state index in [1.165, 1.54) is 52.3 Å². The quantitative estimate of drug-likeness (QED) is 0.0572. The zero-order chi connectivity index (χ0) is 33.4. The Balaban J connectivity index is 1.25. The second-order valence-corrected chi connectivity index (χ2v) is 13.2. The molecule has 2 aromatic carbocycles. The molecule has 4 atom stereocenters. The average Bonchev–Trinajstić information content (AvgIpc) is 3.67. The van der Waals surface area contributed by atoms with Crippen LogP contribution in [0.3, 0.4) is 0 Å². The Morgan fingerprint density at radius 1 is 1.15 bits per heavy atom. The van der Waals surface area contributed by atoms with Gasteiger partial charge in [0.2, 0.25) is 15.8 Å². The lowest BCUT2D eigenvalue weighted by Gasteiger charge is -2.46. The lowest BCUT2D eigenvalue weighted by molar-refractivity contribution is -0.718. The van der Waals surface area contributed by atoms with E-state index in [1.807, 2.05) is 58.7 Å². The summed E-state index contributed by atoms with van der Waals surface area (Å²) in [5, 5.41) is 22.2. The Morgan fingerprint density at radius 2 is 1.85 bits per heavy atom. The summed E-state index contributed by atoms with van der Waals surface area (Å²) in [6.07, 6.45) is 4.67. The molecule has 47 heavy (non-hydrogen) atoms. The van der Waals surface area contributed by atoms with Gasteiger partial charge in [-0.2, -0.15) is 4.40 Å². The van der Waals surface area contributed by atoms with Gasteiger partial charge in [0.1, 0.15) is 18.5 Å². The molecule has 4 aromatic rings. The molecule has 0 unspecified atom stereocenters. The van der Waals surface area contributed by atoms with Gasteiger partial charge in [0.15, 0.2) is 6.54 Å². The second-order valence-electron chi connectivity index (χ2n) is 11.4. The number of β-lactam (4-membered cyclic amide) rings is 1. The molecule has 2 amide bonds. The summed E-state index contributed by atoms with van der Waals surface area (Å²) in [7, 11) is 0. The second kappa shape index (κ2) is 13.3. The van der Waals surface area contributed by atoms with Gasteiger partial charge in [-0.25, -0.2) is 14.8 Å². The number of non-ortho nitro benzene ring substituents is 1. The summed E-state index contributed by atoms with van der Waals surface area (Å²) in [6.45, 7) is 3.61. The number of thioether (sulfide) groups is 1. The number of aliphatic hydroxyl groups excluding tert-OH is 1. The number of ether oxygens (including phenoxy) is 1. The minimum Gasteiger partial charge on any atom is -0.456 e. The van der Waals surface area contributed by atoms with Crippen LogP contribution in [-0.2, 0) is 43.7 Å². The van der Waals surface area contributed by atoms with E-state index < -0.39 is 29.0 Å². The molecule has 0 bridgehead atoms. The number of rotatable bonds is 12. The number of hydrogen-bond donors (Lipinski definition) is 2. The van der Waals surface area contributed by atoms with Crippen molar-refractivity contribution < 1.29 is 38.6 Å². The SMILES string of the molecule is CSc1c2sc(C3=C(C(=O)OCc4ccc([N+](=O)[O-])cc4)N4C(=O)[C@H]([C@@H](C)O)[C@H]4[C@H]3C)cn2c[n+]1CC(=O)NOCc1ccccc1. The summed E-state index contributed by atoms with van der Waals surface area (Å²) >= 11 is 2.89. The highest BCUT2D eigenvalue weighted by Crippen LogP contribution is 2.52. The molecule has 2 N–H and O–H groups in total. The first-order valence-corrected chi connectivity index (χ1v) is 16.8. The van der Waals surface area contributed by atoms with Gasteiger partial charge in [0, 0.05) is 23.6 Å². The summed E-state index contributed by atoms with van der Waals surface area (Å²) < 4.78 is 9.34. The Morgan fingerprint density at radius 3 is 2.51 bits per heavy atom. The third-order valence-electron chi connectivity index (χ3n) is 8.33. The van der Waals surface area contributed by atoms with Crippen LogP contribution in [0.5, 0.6) is 0 Å². The van der Waals surface area contributed by atoms with Crippen molar-refractivity contribution in [2.75, 3.05) is 6.26 Å². The van der Waals surface area contributed by atoms with Crippen molar-refractivity contribution in [3.63, 3.8) is 0 Å². The molecule has 0 aliphatic carbocycles. The van der Waals surface area contributed by atoms with Crippen LogP contribution in [0.1, 0.15) is 29.9 Å². The molecular weight excluding hydrogens is 647 g/mol. The molecule has 2 aliphatic rings. The smallest absolute Gasteiger partial charge is 0.355 e. The molecule has 0 saturated carbocycles. The third-order valence-corrected chi connectivity index (χ3v) is 10.4. The molecule has 6 rings (SSSR count). The normalized spacial score (nSPS) is 19.4. The molecular formula is C32H32N5O8S2+. The number of benzene rings is 2. The van der Waals surface area contributed by atoms with Gasteiger partial charge in [-0.3, -0.25) is 24.5 Å². The molecule has 2 aromatic heterocycles. The molecule has 0 radical (unpaired) electrons. The van der Waals surface area contributed by atoms with Gasteiger partial charge in [-0.15, -0.1) is 0 Å². The number of hydroxylamine groups is 1. The fraction of sp³-hybridized carbons (Fsp3) is 0.312. The molecule has 4 heterocycles. The van der Waals surface area contributed by atoms with Gasteiger partial charge < -0.3 is 14.7 Å². The van der Waals surface area contributed by atoms with Crippen LogP contribution in [0.25, 0.3) is 10.4 Å². The molecule has 13 nitrogen and oxygen atoms in total. The summed E-state index contributed by atoms with van der Waals surface area (Å²) in [5.41, 5.74) is 4.66. The van der Waals surface area contributed by atoms with Gasteiger partial charge in [-0.05, 0) is 36.4 Å². The van der Waals surface area contributed by atoms with Crippen LogP contribution < -0.4 is 10.0 Å². The predicted octanol–water partition coefficient (Wildman–Crippen LogP) is 3.48. The van der Waals surface area contributed by atoms with Gasteiger partial charge in [0.05, 0.1) is 34.5 Å². The van der Waals surface area contributed by atoms with E-state index in [1.54, 1.807) is 13.3 Å². The maximum absolute atomic E-state index is 13.7. The number of nitro benzene ring substituents is 1. The largest absolute Gasteiger partial charge is 0.456 e. The molecule has 1 fully saturated rings. The number of nitro groups is 1. The molecule has 15 heteroatoms. The van der Waals surface area contributed by atoms with Crippen LogP contribution in [0, 0.1) is 22.0 Å². The number of fused-ring (bicyclic) bond motifs is 2. The number of amides is 2. The summed E-state index contributed by atoms with van der Waals surface area (Å²) in [5.74, 6) is -2.31. The number of nitrogens with zero attached hydrogens (tertiary/aromatic N) is 4. The number of nitrogens with one attached hydrogen (secondary N) is 1. The molecule has 0 spiro atoms. The molecule has 2 aliphatic heterocycles. The number of aliphatic hydroxyl groups is 1. The van der Waals surface area contributed by atoms with Crippen LogP contribution in [0.15, 0.2) is 77.8 Å². The van der Waals surface area contributed by atoms with Crippen molar-refractivity contribution in [1.82, 2.24) is 14.8 Å². The highest BCUT2D eigenvalue weighted by Gasteiger charge is 2.60. The van der Waals surface area contributed by atoms with Crippen molar-refractivity contribution in [3.05, 3.63) is 98.9 Å². The number of imidazole rings is 1. The van der Waals surface area contributed by atoms with Crippen LogP contribution in [-0.4, -0.2) is 55.5 Å². The standard InChI is InChI=1S/C32H31N5O8S2/c1-18-25(23-13-34-17-35(30(46-3)31(34)47-23)14-24(39)33-45-16-20-7-5-4-6-8-20)28(36-27(18)26(19(2)38)29(36)40)32(41)44-15-21-9-11-22(12-10-21)37(42)43/h4-13,17-19,26-27,38H,14-16H2,1-3H3/p+1/t18-,19+,26+,27+/m0/s1. The highest BCUT2D eigenvalue weighted by molar-refractivity contribution is 7.98. The number of thiazole rings is 1. The fourth-order valence-corrected chi connectivity index (χ4v) is 8.33. The lowest BCUT2D eigenvalue weighted by atomic mass is 9.77. The van der Waals surface area contributed by atoms with E-state index in [-0.39, 0.29) is 48.9 Å². The van der Waals surface area contributed by atoms with Crippen LogP contribution in [0.4, 0.5) is 5.69 Å². The minimum absolute atomic E-state index is 0.0223. The maximum Gasteiger partial charge on any atom is 0.355 e. The van der Waals surface area contributed by atoms with E-state index >= 15 is 0 Å². The predicted molar refractivity (Wildman–Crippen MR) is 171 cm³/mol. The number of carbonyl (C=O) groups excluding carboxylic acids is 3. The van der Waals surface area contributed by atoms with Crippen molar-refractivity contribution in [3.8, 4) is 0 Å².